The van der Waals surface area contributed by atoms with Gasteiger partial charge < -0.3 is 10.6 Å². The molecule has 2 N–H and O–H groups in total. The number of unbranched alkanes of at least 4 members (excludes halogenated alkanes) is 2. The van der Waals surface area contributed by atoms with E-state index in [-0.39, 0.29) is 0 Å². The van der Waals surface area contributed by atoms with Gasteiger partial charge in [-0.1, -0.05) is 43.9 Å². The second-order valence-electron chi connectivity index (χ2n) is 5.23. The lowest BCUT2D eigenvalue weighted by Gasteiger charge is -2.17. The van der Waals surface area contributed by atoms with Crippen molar-refractivity contribution in [2.45, 2.75) is 59.0 Å². The van der Waals surface area contributed by atoms with E-state index in [1.165, 1.54) is 25.7 Å². The van der Waals surface area contributed by atoms with E-state index in [0.717, 1.165) is 18.1 Å². The summed E-state index contributed by atoms with van der Waals surface area (Å²) in [5.41, 5.74) is 1.05. The summed E-state index contributed by atoms with van der Waals surface area (Å²) in [6, 6.07) is 4.17. The van der Waals surface area contributed by atoms with E-state index in [2.05, 4.69) is 41.4 Å². The molecule has 0 saturated heterocycles. The fourth-order valence-corrected chi connectivity index (χ4v) is 2.11. The Labute approximate surface area is 133 Å². The maximum absolute atomic E-state index is 5.78. The van der Waals surface area contributed by atoms with Crippen molar-refractivity contribution in [3.8, 4) is 0 Å². The van der Waals surface area contributed by atoms with Crippen LogP contribution in [0.2, 0.25) is 5.15 Å². The molecule has 5 heteroatoms. The van der Waals surface area contributed by atoms with Gasteiger partial charge in [-0.15, -0.1) is 0 Å². The molecule has 1 heterocycles. The summed E-state index contributed by atoms with van der Waals surface area (Å²) < 4.78 is 0. The second-order valence-corrected chi connectivity index (χ2v) is 5.61. The summed E-state index contributed by atoms with van der Waals surface area (Å²) in [6.45, 7) is 7.95. The van der Waals surface area contributed by atoms with Crippen molar-refractivity contribution < 1.29 is 0 Å². The van der Waals surface area contributed by atoms with Gasteiger partial charge in [-0.25, -0.2) is 9.98 Å². The molecule has 0 fully saturated rings. The van der Waals surface area contributed by atoms with Crippen LogP contribution < -0.4 is 10.6 Å². The largest absolute Gasteiger partial charge is 0.357 e. The van der Waals surface area contributed by atoms with Gasteiger partial charge in [0.15, 0.2) is 5.96 Å². The van der Waals surface area contributed by atoms with Crippen LogP contribution in [-0.4, -0.2) is 23.5 Å². The third-order valence-corrected chi connectivity index (χ3v) is 3.40. The molecule has 1 unspecified atom stereocenters. The quantitative estimate of drug-likeness (QED) is 0.333. The molecule has 1 rings (SSSR count). The number of aliphatic imine (C=N–C) groups is 1. The van der Waals surface area contributed by atoms with Crippen molar-refractivity contribution in [3.05, 3.63) is 29.0 Å². The first-order valence-electron chi connectivity index (χ1n) is 7.81. The third-order valence-electron chi connectivity index (χ3n) is 3.18. The normalized spacial score (nSPS) is 13.0. The minimum absolute atomic E-state index is 0.428. The second kappa shape index (κ2) is 10.4. The maximum Gasteiger partial charge on any atom is 0.191 e. The van der Waals surface area contributed by atoms with E-state index in [1.54, 1.807) is 12.3 Å². The molecule has 0 spiro atoms. The van der Waals surface area contributed by atoms with Crippen molar-refractivity contribution >= 4 is 17.6 Å². The van der Waals surface area contributed by atoms with Crippen LogP contribution in [0.4, 0.5) is 0 Å². The van der Waals surface area contributed by atoms with Crippen LogP contribution >= 0.6 is 11.6 Å². The van der Waals surface area contributed by atoms with Gasteiger partial charge in [0.25, 0.3) is 0 Å². The van der Waals surface area contributed by atoms with Crippen LogP contribution in [0.3, 0.4) is 0 Å². The average Bonchev–Trinajstić information content (AvgIpc) is 2.47. The van der Waals surface area contributed by atoms with Gasteiger partial charge >= 0.3 is 0 Å². The van der Waals surface area contributed by atoms with E-state index in [9.17, 15) is 0 Å². The van der Waals surface area contributed by atoms with Crippen molar-refractivity contribution in [2.24, 2.45) is 4.99 Å². The Morgan fingerprint density at radius 1 is 1.33 bits per heavy atom. The number of nitrogens with one attached hydrogen (secondary N) is 2. The molecule has 1 aromatic rings. The first-order chi connectivity index (χ1) is 10.2. The van der Waals surface area contributed by atoms with Crippen LogP contribution in [0, 0.1) is 0 Å². The van der Waals surface area contributed by atoms with E-state index < -0.39 is 0 Å². The molecule has 1 aromatic heterocycles. The molecule has 0 aliphatic carbocycles. The smallest absolute Gasteiger partial charge is 0.191 e. The van der Waals surface area contributed by atoms with Gasteiger partial charge in [0.2, 0.25) is 0 Å². The van der Waals surface area contributed by atoms with Crippen LogP contribution in [0.25, 0.3) is 0 Å². The van der Waals surface area contributed by atoms with E-state index in [1.807, 2.05) is 6.07 Å². The van der Waals surface area contributed by atoms with E-state index in [4.69, 9.17) is 11.6 Å². The van der Waals surface area contributed by atoms with Gasteiger partial charge in [-0.2, -0.15) is 0 Å². The highest BCUT2D eigenvalue weighted by molar-refractivity contribution is 6.29. The first kappa shape index (κ1) is 17.8. The van der Waals surface area contributed by atoms with Gasteiger partial charge in [0, 0.05) is 18.8 Å². The number of guanidine groups is 1. The van der Waals surface area contributed by atoms with Gasteiger partial charge in [-0.3, -0.25) is 0 Å². The molecule has 0 aromatic carbocycles. The maximum atomic E-state index is 5.78. The zero-order chi connectivity index (χ0) is 15.5. The van der Waals surface area contributed by atoms with Crippen LogP contribution in [-0.2, 0) is 6.54 Å². The molecule has 0 bridgehead atoms. The van der Waals surface area contributed by atoms with E-state index >= 15 is 0 Å². The molecule has 21 heavy (non-hydrogen) atoms. The molecule has 0 amide bonds. The number of hydrogen-bond donors (Lipinski definition) is 2. The van der Waals surface area contributed by atoms with Gasteiger partial charge in [-0.05, 0) is 31.9 Å². The van der Waals surface area contributed by atoms with Crippen molar-refractivity contribution in [1.82, 2.24) is 15.6 Å². The third kappa shape index (κ3) is 7.90. The molecule has 118 valence electrons. The lowest BCUT2D eigenvalue weighted by Crippen LogP contribution is -2.42. The minimum atomic E-state index is 0.428. The summed E-state index contributed by atoms with van der Waals surface area (Å²) in [5, 5.41) is 7.24. The average molecular weight is 311 g/mol. The topological polar surface area (TPSA) is 49.3 Å². The van der Waals surface area contributed by atoms with Gasteiger partial charge in [0.05, 0.1) is 6.54 Å². The Hall–Kier alpha value is -1.29. The molecule has 0 aliphatic rings. The number of pyridine rings is 1. The Morgan fingerprint density at radius 2 is 2.14 bits per heavy atom. The molecule has 0 radical (unpaired) electrons. The molecular formula is C16H27ClN4. The molecular weight excluding hydrogens is 284 g/mol. The van der Waals surface area contributed by atoms with Crippen LogP contribution in [0.15, 0.2) is 23.3 Å². The number of hydrogen-bond acceptors (Lipinski definition) is 2. The van der Waals surface area contributed by atoms with Crippen molar-refractivity contribution in [2.75, 3.05) is 6.54 Å². The number of rotatable bonds is 8. The summed E-state index contributed by atoms with van der Waals surface area (Å²) in [7, 11) is 0. The summed E-state index contributed by atoms with van der Waals surface area (Å²) in [5.74, 6) is 0.858. The Bertz CT molecular complexity index is 417. The monoisotopic (exact) mass is 310 g/mol. The molecule has 4 nitrogen and oxygen atoms in total. The standard InChI is InChI=1S/C16H27ClN4/c1-4-6-7-8-13(3)21-16(18-5-2)20-12-14-9-10-15(17)19-11-14/h9-11,13H,4-8,12H2,1-3H3,(H2,18,20,21). The fourth-order valence-electron chi connectivity index (χ4n) is 2.00. The zero-order valence-electron chi connectivity index (χ0n) is 13.3. The number of aromatic nitrogens is 1. The molecule has 0 saturated carbocycles. The fraction of sp³-hybridized carbons (Fsp3) is 0.625. The predicted octanol–water partition coefficient (Wildman–Crippen LogP) is 3.76. The number of halogens is 1. The highest BCUT2D eigenvalue weighted by Crippen LogP contribution is 2.06. The van der Waals surface area contributed by atoms with Gasteiger partial charge in [0.1, 0.15) is 5.15 Å². The molecule has 0 aliphatic heterocycles. The SMILES string of the molecule is CCCCCC(C)NC(=NCc1ccc(Cl)nc1)NCC. The molecule has 1 atom stereocenters. The Balaban J connectivity index is 2.50. The highest BCUT2D eigenvalue weighted by atomic mass is 35.5. The number of nitrogens with zero attached hydrogens (tertiary/aromatic N) is 2. The van der Waals surface area contributed by atoms with Crippen molar-refractivity contribution in [3.63, 3.8) is 0 Å². The lowest BCUT2D eigenvalue weighted by molar-refractivity contribution is 0.547. The van der Waals surface area contributed by atoms with E-state index in [0.29, 0.717) is 17.7 Å². The Morgan fingerprint density at radius 3 is 2.76 bits per heavy atom. The summed E-state index contributed by atoms with van der Waals surface area (Å²) in [6.07, 6.45) is 6.73. The Kier molecular flexibility index (Phi) is 8.83. The highest BCUT2D eigenvalue weighted by Gasteiger charge is 2.04. The van der Waals surface area contributed by atoms with Crippen LogP contribution in [0.5, 0.6) is 0 Å². The van der Waals surface area contributed by atoms with Crippen LogP contribution in [0.1, 0.15) is 52.0 Å². The van der Waals surface area contributed by atoms with Crippen molar-refractivity contribution in [1.29, 1.82) is 0 Å². The zero-order valence-corrected chi connectivity index (χ0v) is 14.1. The minimum Gasteiger partial charge on any atom is -0.357 e. The summed E-state index contributed by atoms with van der Waals surface area (Å²) >= 11 is 5.78. The summed E-state index contributed by atoms with van der Waals surface area (Å²) in [4.78, 5) is 8.66. The predicted molar refractivity (Wildman–Crippen MR) is 90.8 cm³/mol. The first-order valence-corrected chi connectivity index (χ1v) is 8.18. The lowest BCUT2D eigenvalue weighted by atomic mass is 10.1.